The minimum absolute atomic E-state index is 0. The van der Waals surface area contributed by atoms with Gasteiger partial charge in [-0.2, -0.15) is 0 Å². The van der Waals surface area contributed by atoms with Gasteiger partial charge >= 0.3 is 17.4 Å². The van der Waals surface area contributed by atoms with Crippen LogP contribution in [0.5, 0.6) is 0 Å². The van der Waals surface area contributed by atoms with Crippen molar-refractivity contribution in [3.63, 3.8) is 0 Å². The fraction of sp³-hybridized carbons (Fsp3) is 1.00. The molecule has 0 aliphatic rings. The Bertz CT molecular complexity index is 27.2. The van der Waals surface area contributed by atoms with E-state index in [1.54, 1.807) is 0 Å². The fourth-order valence-corrected chi connectivity index (χ4v) is 0. The first kappa shape index (κ1) is 9.70. The molecule has 0 unspecified atom stereocenters. The fourth-order valence-electron chi connectivity index (χ4n) is 0. The molecule has 0 spiro atoms. The molecule has 0 rings (SSSR count). The third-order valence-corrected chi connectivity index (χ3v) is 0. The summed E-state index contributed by atoms with van der Waals surface area (Å²) in [6.45, 7) is 0. The van der Waals surface area contributed by atoms with Crippen LogP contribution in [0.4, 0.5) is 0 Å². The van der Waals surface area contributed by atoms with Crippen LogP contribution in [0.25, 0.3) is 0 Å². The summed E-state index contributed by atoms with van der Waals surface area (Å²) in [6.07, 6.45) is 0. The van der Waals surface area contributed by atoms with E-state index in [-0.39, 0.29) is 18.8 Å². The predicted octanol–water partition coefficient (Wildman–Crippen LogP) is 0.188. The van der Waals surface area contributed by atoms with Crippen LogP contribution < -0.4 is 0 Å². The molecule has 0 aliphatic carbocycles. The van der Waals surface area contributed by atoms with Gasteiger partial charge in [-0.25, -0.2) is 0 Å². The number of rotatable bonds is 0. The second-order valence-corrected chi connectivity index (χ2v) is 2.68. The summed E-state index contributed by atoms with van der Waals surface area (Å²) < 4.78 is 1.00. The first-order valence-electron chi connectivity index (χ1n) is 1.79. The first-order valence-corrected chi connectivity index (χ1v) is 1.79. The number of quaternary nitrogens is 1. The molecule has 0 aromatic heterocycles. The van der Waals surface area contributed by atoms with Gasteiger partial charge in [0.15, 0.2) is 0 Å². The van der Waals surface area contributed by atoms with Crippen molar-refractivity contribution in [2.24, 2.45) is 0 Å². The maximum absolute atomic E-state index is 2.12. The third-order valence-electron chi connectivity index (χ3n) is 0. The van der Waals surface area contributed by atoms with Gasteiger partial charge in [-0.3, -0.25) is 0 Å². The summed E-state index contributed by atoms with van der Waals surface area (Å²) >= 11 is 0. The predicted molar refractivity (Wildman–Crippen MR) is 31.8 cm³/mol. The molecule has 0 fully saturated rings. The average Bonchev–Trinajstić information content (AvgIpc) is 0.722. The molecule has 0 N–H and O–H groups in total. The molecule has 0 bridgehead atoms. The van der Waals surface area contributed by atoms with Crippen molar-refractivity contribution in [1.82, 2.24) is 0 Å². The van der Waals surface area contributed by atoms with Crippen molar-refractivity contribution < 1.29 is 5.91 Å². The molecule has 0 saturated carbocycles. The number of hydrogen-bond acceptors (Lipinski definition) is 0. The van der Waals surface area contributed by atoms with E-state index < -0.39 is 0 Å². The van der Waals surface area contributed by atoms with Crippen LogP contribution >= 0.6 is 0 Å². The van der Waals surface area contributed by atoms with Crippen LogP contribution in [0.2, 0.25) is 0 Å². The summed E-state index contributed by atoms with van der Waals surface area (Å²) in [6, 6.07) is 0. The van der Waals surface area contributed by atoms with E-state index in [9.17, 15) is 0 Å². The smallest absolute Gasteiger partial charge is 0.333 e. The maximum Gasteiger partial charge on any atom is 3.00 e. The SMILES string of the molecule is C[N+](C)(C)C.[Al+3].[HH]. The van der Waals surface area contributed by atoms with Crippen LogP contribution in [-0.4, -0.2) is 50.0 Å². The van der Waals surface area contributed by atoms with E-state index in [4.69, 9.17) is 0 Å². The molecule has 6 heavy (non-hydrogen) atoms. The second kappa shape index (κ2) is 2.63. The molecule has 2 heteroatoms. The van der Waals surface area contributed by atoms with Crippen LogP contribution in [-0.2, 0) is 0 Å². The average molecular weight is 103 g/mol. The number of nitrogens with zero attached hydrogens (tertiary/aromatic N) is 1. The molecule has 1 nitrogen and oxygen atoms in total. The van der Waals surface area contributed by atoms with Crippen LogP contribution in [0.3, 0.4) is 0 Å². The molecule has 0 atom stereocenters. The molecule has 0 radical (unpaired) electrons. The Morgan fingerprint density at radius 2 is 1.00 bits per heavy atom. The van der Waals surface area contributed by atoms with Crippen LogP contribution in [0.1, 0.15) is 1.43 Å². The van der Waals surface area contributed by atoms with Gasteiger partial charge in [0.25, 0.3) is 0 Å². The Labute approximate surface area is 52.2 Å². The second-order valence-electron chi connectivity index (χ2n) is 2.68. The van der Waals surface area contributed by atoms with Gasteiger partial charge in [0, 0.05) is 1.43 Å². The van der Waals surface area contributed by atoms with Crippen molar-refractivity contribution in [2.75, 3.05) is 28.2 Å². The van der Waals surface area contributed by atoms with Crippen molar-refractivity contribution in [3.05, 3.63) is 0 Å². The van der Waals surface area contributed by atoms with E-state index in [2.05, 4.69) is 28.2 Å². The summed E-state index contributed by atoms with van der Waals surface area (Å²) in [5.41, 5.74) is 0. The van der Waals surface area contributed by atoms with Crippen LogP contribution in [0.15, 0.2) is 0 Å². The Morgan fingerprint density at radius 3 is 1.00 bits per heavy atom. The van der Waals surface area contributed by atoms with E-state index in [0.717, 1.165) is 4.48 Å². The maximum atomic E-state index is 2.12. The van der Waals surface area contributed by atoms with Crippen LogP contribution in [0, 0.1) is 0 Å². The molecule has 0 aliphatic heterocycles. The monoisotopic (exact) mass is 103 g/mol. The Morgan fingerprint density at radius 1 is 1.00 bits per heavy atom. The summed E-state index contributed by atoms with van der Waals surface area (Å²) in [4.78, 5) is 0. The molecule has 0 aromatic rings. The summed E-state index contributed by atoms with van der Waals surface area (Å²) in [7, 11) is 8.50. The van der Waals surface area contributed by atoms with E-state index in [0.29, 0.717) is 0 Å². The minimum atomic E-state index is 0. The zero-order valence-electron chi connectivity index (χ0n) is 5.02. The molecule has 0 amide bonds. The minimum Gasteiger partial charge on any atom is -0.333 e. The molecular formula is C4H14AlN+4. The third kappa shape index (κ3) is 226. The van der Waals surface area contributed by atoms with Crippen molar-refractivity contribution in [3.8, 4) is 0 Å². The van der Waals surface area contributed by atoms with Gasteiger partial charge in [0.1, 0.15) is 0 Å². The van der Waals surface area contributed by atoms with Crippen molar-refractivity contribution in [2.45, 2.75) is 0 Å². The van der Waals surface area contributed by atoms with Crippen molar-refractivity contribution >= 4 is 17.4 Å². The van der Waals surface area contributed by atoms with Gasteiger partial charge in [-0.05, 0) is 0 Å². The summed E-state index contributed by atoms with van der Waals surface area (Å²) in [5, 5.41) is 0. The molecular weight excluding hydrogens is 89.0 g/mol. The first-order chi connectivity index (χ1) is 2.00. The van der Waals surface area contributed by atoms with Crippen molar-refractivity contribution in [1.29, 1.82) is 0 Å². The molecule has 0 heterocycles. The topological polar surface area (TPSA) is 0 Å². The standard InChI is InChI=1S/C4H12N.Al.H2/c1-5(2,3)4;;/h1-4H3;;1H/q+1;+3;. The largest absolute Gasteiger partial charge is 3.00 e. The van der Waals surface area contributed by atoms with E-state index in [1.165, 1.54) is 0 Å². The summed E-state index contributed by atoms with van der Waals surface area (Å²) in [5.74, 6) is 0. The van der Waals surface area contributed by atoms with Gasteiger partial charge < -0.3 is 4.48 Å². The van der Waals surface area contributed by atoms with E-state index in [1.807, 2.05) is 0 Å². The van der Waals surface area contributed by atoms with E-state index >= 15 is 0 Å². The van der Waals surface area contributed by atoms with Gasteiger partial charge in [0.05, 0.1) is 28.2 Å². The Hall–Kier alpha value is 0.492. The quantitative estimate of drug-likeness (QED) is 0.303. The normalized spacial score (nSPS) is 10.0. The molecule has 0 aromatic carbocycles. The van der Waals surface area contributed by atoms with Gasteiger partial charge in [0.2, 0.25) is 0 Å². The zero-order valence-corrected chi connectivity index (χ0v) is 6.18. The molecule has 0 saturated heterocycles. The Balaban J connectivity index is -0.0000000800. The van der Waals surface area contributed by atoms with Gasteiger partial charge in [-0.1, -0.05) is 0 Å². The number of hydrogen-bond donors (Lipinski definition) is 0. The van der Waals surface area contributed by atoms with Gasteiger partial charge in [-0.15, -0.1) is 0 Å². The Kier molecular flexibility index (Phi) is 4.25. The molecule has 34 valence electrons. The zero-order chi connectivity index (χ0) is 4.50.